The van der Waals surface area contributed by atoms with E-state index in [2.05, 4.69) is 36.0 Å². The van der Waals surface area contributed by atoms with Crippen molar-refractivity contribution in [1.82, 2.24) is 9.88 Å². The van der Waals surface area contributed by atoms with Crippen molar-refractivity contribution in [2.24, 2.45) is 5.41 Å². The highest BCUT2D eigenvalue weighted by atomic mass is 16.5. The Morgan fingerprint density at radius 2 is 1.91 bits per heavy atom. The molecule has 0 unspecified atom stereocenters. The van der Waals surface area contributed by atoms with E-state index in [-0.39, 0.29) is 18.6 Å². The molecule has 0 saturated carbocycles. The Labute approximate surface area is 201 Å². The maximum atomic E-state index is 12.4. The van der Waals surface area contributed by atoms with Crippen LogP contribution >= 0.6 is 0 Å². The molecular weight excluding hydrogens is 428 g/mol. The van der Waals surface area contributed by atoms with Crippen LogP contribution in [0, 0.1) is 12.3 Å². The maximum absolute atomic E-state index is 12.4. The number of fused-ring (bicyclic) bond motifs is 1. The molecule has 0 spiro atoms. The zero-order chi connectivity index (χ0) is 24.3. The third-order valence-corrected chi connectivity index (χ3v) is 6.28. The number of carbonyl (C=O) groups excluding carboxylic acids is 1. The van der Waals surface area contributed by atoms with Crippen LogP contribution in [0.2, 0.25) is 0 Å². The summed E-state index contributed by atoms with van der Waals surface area (Å²) in [5.41, 5.74) is 10.9. The number of likely N-dealkylation sites (tertiary alicyclic amines) is 1. The lowest BCUT2D eigenvalue weighted by atomic mass is 9.91. The van der Waals surface area contributed by atoms with E-state index < -0.39 is 0 Å². The van der Waals surface area contributed by atoms with Gasteiger partial charge in [-0.2, -0.15) is 0 Å². The van der Waals surface area contributed by atoms with Gasteiger partial charge in [-0.05, 0) is 80.1 Å². The van der Waals surface area contributed by atoms with Crippen molar-refractivity contribution in [3.8, 4) is 11.5 Å². The monoisotopic (exact) mass is 464 g/mol. The highest BCUT2D eigenvalue weighted by Crippen LogP contribution is 2.29. The molecule has 34 heavy (non-hydrogen) atoms. The number of amides is 1. The zero-order valence-electron chi connectivity index (χ0n) is 20.7. The molecule has 0 bridgehead atoms. The number of carbonyl (C=O) groups is 1. The Balaban J connectivity index is 1.24. The number of nitrogens with two attached hydrogens (primary N) is 1. The molecule has 1 aliphatic heterocycles. The van der Waals surface area contributed by atoms with Crippen LogP contribution in [0.4, 0.5) is 11.4 Å². The van der Waals surface area contributed by atoms with Gasteiger partial charge in [-0.3, -0.25) is 4.79 Å². The average Bonchev–Trinajstić information content (AvgIpc) is 3.21. The molecule has 7 heteroatoms. The Bertz CT molecular complexity index is 1120. The van der Waals surface area contributed by atoms with E-state index in [0.29, 0.717) is 22.7 Å². The van der Waals surface area contributed by atoms with E-state index in [1.807, 2.05) is 37.3 Å². The molecule has 0 atom stereocenters. The van der Waals surface area contributed by atoms with Crippen molar-refractivity contribution in [1.29, 1.82) is 0 Å². The summed E-state index contributed by atoms with van der Waals surface area (Å²) in [6.45, 7) is 12.1. The van der Waals surface area contributed by atoms with Gasteiger partial charge in [0.15, 0.2) is 5.58 Å². The van der Waals surface area contributed by atoms with E-state index in [0.717, 1.165) is 54.7 Å². The number of rotatable bonds is 7. The molecule has 1 saturated heterocycles. The van der Waals surface area contributed by atoms with Gasteiger partial charge in [0, 0.05) is 30.0 Å². The molecule has 1 amide bonds. The number of benzene rings is 2. The van der Waals surface area contributed by atoms with Crippen molar-refractivity contribution < 1.29 is 13.9 Å². The van der Waals surface area contributed by atoms with Crippen LogP contribution in [0.15, 0.2) is 40.8 Å². The smallest absolute Gasteiger partial charge is 0.250 e. The second-order valence-corrected chi connectivity index (χ2v) is 10.5. The van der Waals surface area contributed by atoms with Crippen LogP contribution in [-0.4, -0.2) is 48.1 Å². The number of anilines is 2. The van der Waals surface area contributed by atoms with Crippen LogP contribution < -0.4 is 11.1 Å². The predicted octanol–water partition coefficient (Wildman–Crippen LogP) is 5.24. The molecule has 1 fully saturated rings. The summed E-state index contributed by atoms with van der Waals surface area (Å²) in [4.78, 5) is 19.4. The summed E-state index contributed by atoms with van der Waals surface area (Å²) in [5, 5.41) is 2.91. The van der Waals surface area contributed by atoms with E-state index in [1.165, 1.54) is 6.42 Å². The molecule has 7 nitrogen and oxygen atoms in total. The van der Waals surface area contributed by atoms with Crippen LogP contribution in [0.3, 0.4) is 0 Å². The SMILES string of the molecule is Cc1cc(N)cc2nc(-c3ccc(NC(=O)COC4CCN(CCC(C)(C)C)CC4)cc3)oc12. The van der Waals surface area contributed by atoms with E-state index in [9.17, 15) is 4.79 Å². The molecule has 1 aliphatic rings. The van der Waals surface area contributed by atoms with Gasteiger partial charge in [0.1, 0.15) is 12.1 Å². The van der Waals surface area contributed by atoms with E-state index in [1.54, 1.807) is 6.07 Å². The fourth-order valence-corrected chi connectivity index (χ4v) is 4.23. The fourth-order valence-electron chi connectivity index (χ4n) is 4.23. The quantitative estimate of drug-likeness (QED) is 0.465. The molecule has 0 aliphatic carbocycles. The van der Waals surface area contributed by atoms with Crippen molar-refractivity contribution in [3.05, 3.63) is 42.0 Å². The van der Waals surface area contributed by atoms with Gasteiger partial charge in [-0.1, -0.05) is 20.8 Å². The molecule has 182 valence electrons. The maximum Gasteiger partial charge on any atom is 0.250 e. The molecular formula is C27H36N4O3. The highest BCUT2D eigenvalue weighted by Gasteiger charge is 2.22. The number of nitrogen functional groups attached to an aromatic ring is 1. The minimum absolute atomic E-state index is 0.0697. The number of aryl methyl sites for hydroxylation is 1. The number of hydrogen-bond donors (Lipinski definition) is 2. The lowest BCUT2D eigenvalue weighted by Gasteiger charge is -2.33. The third kappa shape index (κ3) is 6.36. The average molecular weight is 465 g/mol. The first kappa shape index (κ1) is 24.2. The molecule has 2 heterocycles. The summed E-state index contributed by atoms with van der Waals surface area (Å²) < 4.78 is 11.8. The van der Waals surface area contributed by atoms with Crippen molar-refractivity contribution in [2.75, 3.05) is 37.3 Å². The molecule has 0 radical (unpaired) electrons. The minimum Gasteiger partial charge on any atom is -0.436 e. The van der Waals surface area contributed by atoms with E-state index >= 15 is 0 Å². The van der Waals surface area contributed by atoms with Gasteiger partial charge >= 0.3 is 0 Å². The van der Waals surface area contributed by atoms with Crippen LogP contribution in [0.5, 0.6) is 0 Å². The first-order chi connectivity index (χ1) is 16.2. The molecule has 3 aromatic rings. The lowest BCUT2D eigenvalue weighted by molar-refractivity contribution is -0.123. The fraction of sp³-hybridized carbons (Fsp3) is 0.481. The summed E-state index contributed by atoms with van der Waals surface area (Å²) in [7, 11) is 0. The summed E-state index contributed by atoms with van der Waals surface area (Å²) in [6.07, 6.45) is 3.29. The number of hydrogen-bond acceptors (Lipinski definition) is 6. The van der Waals surface area contributed by atoms with Gasteiger partial charge < -0.3 is 25.1 Å². The zero-order valence-corrected chi connectivity index (χ0v) is 20.7. The second-order valence-electron chi connectivity index (χ2n) is 10.5. The van der Waals surface area contributed by atoms with Gasteiger partial charge in [0.2, 0.25) is 11.8 Å². The topological polar surface area (TPSA) is 93.6 Å². The second kappa shape index (κ2) is 10.2. The standard InChI is InChI=1S/C27H36N4O3/c1-18-15-20(28)16-23-25(18)34-26(30-23)19-5-7-21(8-6-19)29-24(32)17-33-22-9-12-31(13-10-22)14-11-27(2,3)4/h5-8,15-16,22H,9-14,17,28H2,1-4H3,(H,29,32). The summed E-state index contributed by atoms with van der Waals surface area (Å²) in [6, 6.07) is 11.1. The molecule has 2 aromatic carbocycles. The van der Waals surface area contributed by atoms with Crippen LogP contribution in [-0.2, 0) is 9.53 Å². The summed E-state index contributed by atoms with van der Waals surface area (Å²) >= 11 is 0. The largest absolute Gasteiger partial charge is 0.436 e. The molecule has 4 rings (SSSR count). The third-order valence-electron chi connectivity index (χ3n) is 6.28. The van der Waals surface area contributed by atoms with Crippen LogP contribution in [0.1, 0.15) is 45.6 Å². The first-order valence-electron chi connectivity index (χ1n) is 12.1. The highest BCUT2D eigenvalue weighted by molar-refractivity contribution is 5.92. The Hall–Kier alpha value is -2.90. The number of nitrogens with zero attached hydrogens (tertiary/aromatic N) is 2. The minimum atomic E-state index is -0.143. The Morgan fingerprint density at radius 1 is 1.21 bits per heavy atom. The van der Waals surface area contributed by atoms with Gasteiger partial charge in [-0.15, -0.1) is 0 Å². The Kier molecular flexibility index (Phi) is 7.24. The summed E-state index contributed by atoms with van der Waals surface area (Å²) in [5.74, 6) is 0.384. The first-order valence-corrected chi connectivity index (χ1v) is 12.1. The Morgan fingerprint density at radius 3 is 2.59 bits per heavy atom. The number of nitrogens with one attached hydrogen (secondary N) is 1. The number of piperidine rings is 1. The van der Waals surface area contributed by atoms with Gasteiger partial charge in [-0.25, -0.2) is 4.98 Å². The van der Waals surface area contributed by atoms with Crippen molar-refractivity contribution >= 4 is 28.4 Å². The van der Waals surface area contributed by atoms with E-state index in [4.69, 9.17) is 14.9 Å². The number of oxazole rings is 1. The van der Waals surface area contributed by atoms with Gasteiger partial charge in [0.05, 0.1) is 6.10 Å². The normalized spacial score (nSPS) is 15.6. The molecule has 1 aromatic heterocycles. The predicted molar refractivity (Wildman–Crippen MR) is 137 cm³/mol. The number of aromatic nitrogens is 1. The van der Waals surface area contributed by atoms with Crippen molar-refractivity contribution in [2.45, 2.75) is 53.1 Å². The van der Waals surface area contributed by atoms with Crippen LogP contribution in [0.25, 0.3) is 22.6 Å². The van der Waals surface area contributed by atoms with Gasteiger partial charge in [0.25, 0.3) is 0 Å². The lowest BCUT2D eigenvalue weighted by Crippen LogP contribution is -2.39. The molecule has 3 N–H and O–H groups in total. The number of ether oxygens (including phenoxy) is 1. The van der Waals surface area contributed by atoms with Crippen molar-refractivity contribution in [3.63, 3.8) is 0 Å².